The molecule has 0 unspecified atom stereocenters. The highest BCUT2D eigenvalue weighted by Crippen LogP contribution is 2.28. The Morgan fingerprint density at radius 3 is 2.57 bits per heavy atom. The third-order valence-corrected chi connectivity index (χ3v) is 3.20. The molecule has 3 heteroatoms. The Kier molecular flexibility index (Phi) is 4.73. The summed E-state index contributed by atoms with van der Waals surface area (Å²) in [5, 5.41) is 3.13. The highest BCUT2D eigenvalue weighted by molar-refractivity contribution is 6.17. The van der Waals surface area contributed by atoms with Crippen molar-refractivity contribution in [2.45, 2.75) is 57.4 Å². The lowest BCUT2D eigenvalue weighted by molar-refractivity contribution is -0.122. The average molecular weight is 218 g/mol. The third kappa shape index (κ3) is 3.87. The van der Waals surface area contributed by atoms with Gasteiger partial charge in [-0.1, -0.05) is 12.8 Å². The van der Waals surface area contributed by atoms with Gasteiger partial charge in [0.15, 0.2) is 0 Å². The monoisotopic (exact) mass is 217 g/mol. The van der Waals surface area contributed by atoms with Gasteiger partial charge in [0.25, 0.3) is 0 Å². The molecule has 0 aromatic rings. The first-order valence-corrected chi connectivity index (χ1v) is 6.07. The smallest absolute Gasteiger partial charge is 0.220 e. The molecular weight excluding hydrogens is 198 g/mol. The molecule has 1 aliphatic rings. The van der Waals surface area contributed by atoms with Crippen LogP contribution in [0.25, 0.3) is 0 Å². The van der Waals surface area contributed by atoms with Crippen molar-refractivity contribution in [3.05, 3.63) is 0 Å². The molecule has 82 valence electrons. The van der Waals surface area contributed by atoms with Crippen LogP contribution >= 0.6 is 11.6 Å². The first kappa shape index (κ1) is 11.8. The Morgan fingerprint density at radius 2 is 2.00 bits per heavy atom. The normalized spacial score (nSPS) is 19.6. The van der Waals surface area contributed by atoms with E-state index in [2.05, 4.69) is 12.2 Å². The van der Waals surface area contributed by atoms with Crippen molar-refractivity contribution in [1.29, 1.82) is 0 Å². The summed E-state index contributed by atoms with van der Waals surface area (Å²) in [6.07, 6.45) is 7.23. The second kappa shape index (κ2) is 5.59. The van der Waals surface area contributed by atoms with Gasteiger partial charge < -0.3 is 5.32 Å². The number of carbonyl (C=O) groups is 1. The van der Waals surface area contributed by atoms with Crippen LogP contribution in [-0.4, -0.2) is 17.3 Å². The lowest BCUT2D eigenvalue weighted by Crippen LogP contribution is -2.43. The minimum absolute atomic E-state index is 0.0814. The van der Waals surface area contributed by atoms with Gasteiger partial charge in [0.2, 0.25) is 5.91 Å². The molecule has 0 atom stereocenters. The first-order valence-electron chi connectivity index (χ1n) is 5.53. The fourth-order valence-electron chi connectivity index (χ4n) is 2.06. The zero-order valence-corrected chi connectivity index (χ0v) is 9.70. The van der Waals surface area contributed by atoms with E-state index in [1.54, 1.807) is 0 Å². The number of carbonyl (C=O) groups excluding carboxylic acids is 1. The van der Waals surface area contributed by atoms with Crippen LogP contribution < -0.4 is 5.32 Å². The first-order chi connectivity index (χ1) is 6.66. The van der Waals surface area contributed by atoms with Gasteiger partial charge in [-0.2, -0.15) is 0 Å². The van der Waals surface area contributed by atoms with E-state index >= 15 is 0 Å². The predicted octanol–water partition coefficient (Wildman–Crippen LogP) is 2.84. The number of nitrogens with one attached hydrogen (secondary N) is 1. The van der Waals surface area contributed by atoms with Gasteiger partial charge in [-0.05, 0) is 32.6 Å². The second-order valence-corrected chi connectivity index (χ2v) is 4.84. The van der Waals surface area contributed by atoms with E-state index < -0.39 is 0 Å². The summed E-state index contributed by atoms with van der Waals surface area (Å²) in [5.74, 6) is 0.851. The summed E-state index contributed by atoms with van der Waals surface area (Å²) in [4.78, 5) is 11.5. The molecule has 0 aliphatic heterocycles. The molecular formula is C11H20ClNO. The lowest BCUT2D eigenvalue weighted by atomic mass is 10.0. The van der Waals surface area contributed by atoms with Crippen LogP contribution in [-0.2, 0) is 4.79 Å². The quantitative estimate of drug-likeness (QED) is 0.557. The zero-order chi connectivity index (χ0) is 10.4. The summed E-state index contributed by atoms with van der Waals surface area (Å²) in [7, 11) is 0. The van der Waals surface area contributed by atoms with E-state index in [-0.39, 0.29) is 11.4 Å². The van der Waals surface area contributed by atoms with E-state index in [0.717, 1.165) is 25.7 Å². The van der Waals surface area contributed by atoms with Crippen molar-refractivity contribution in [2.24, 2.45) is 0 Å². The molecule has 2 nitrogen and oxygen atoms in total. The van der Waals surface area contributed by atoms with Crippen LogP contribution in [0, 0.1) is 0 Å². The van der Waals surface area contributed by atoms with Crippen LogP contribution in [0.4, 0.5) is 0 Å². The van der Waals surface area contributed by atoms with Gasteiger partial charge >= 0.3 is 0 Å². The van der Waals surface area contributed by atoms with Crippen LogP contribution in [0.5, 0.6) is 0 Å². The third-order valence-electron chi connectivity index (χ3n) is 2.94. The summed E-state index contributed by atoms with van der Waals surface area (Å²) in [5.41, 5.74) is 0.0814. The SMILES string of the molecule is CC1(NC(=O)CCCCCl)CCCC1. The second-order valence-electron chi connectivity index (χ2n) is 4.46. The molecule has 0 radical (unpaired) electrons. The highest BCUT2D eigenvalue weighted by atomic mass is 35.5. The zero-order valence-electron chi connectivity index (χ0n) is 8.94. The van der Waals surface area contributed by atoms with Crippen molar-refractivity contribution in [1.82, 2.24) is 5.32 Å². The van der Waals surface area contributed by atoms with Crippen molar-refractivity contribution < 1.29 is 4.79 Å². The van der Waals surface area contributed by atoms with E-state index in [9.17, 15) is 4.79 Å². The predicted molar refractivity (Wildman–Crippen MR) is 59.6 cm³/mol. The Labute approximate surface area is 91.4 Å². The standard InChI is InChI=1S/C11H20ClNO/c1-11(7-3-4-8-11)13-10(14)6-2-5-9-12/h2-9H2,1H3,(H,13,14). The van der Waals surface area contributed by atoms with Crippen molar-refractivity contribution in [2.75, 3.05) is 5.88 Å². The lowest BCUT2D eigenvalue weighted by Gasteiger charge is -2.25. The summed E-state index contributed by atoms with van der Waals surface area (Å²) in [6, 6.07) is 0. The number of rotatable bonds is 5. The highest BCUT2D eigenvalue weighted by Gasteiger charge is 2.29. The molecule has 1 N–H and O–H groups in total. The fraction of sp³-hybridized carbons (Fsp3) is 0.909. The number of unbranched alkanes of at least 4 members (excludes halogenated alkanes) is 1. The topological polar surface area (TPSA) is 29.1 Å². The number of alkyl halides is 1. The van der Waals surface area contributed by atoms with Gasteiger partial charge in [-0.25, -0.2) is 0 Å². The maximum Gasteiger partial charge on any atom is 0.220 e. The number of hydrogen-bond acceptors (Lipinski definition) is 1. The van der Waals surface area contributed by atoms with Gasteiger partial charge in [0.1, 0.15) is 0 Å². The van der Waals surface area contributed by atoms with Crippen LogP contribution in [0.2, 0.25) is 0 Å². The number of amides is 1. The van der Waals surface area contributed by atoms with Crippen molar-refractivity contribution in [3.8, 4) is 0 Å². The van der Waals surface area contributed by atoms with E-state index in [1.807, 2.05) is 0 Å². The largest absolute Gasteiger partial charge is 0.351 e. The van der Waals surface area contributed by atoms with Crippen molar-refractivity contribution in [3.63, 3.8) is 0 Å². The maximum absolute atomic E-state index is 11.5. The van der Waals surface area contributed by atoms with Crippen LogP contribution in [0.1, 0.15) is 51.9 Å². The van der Waals surface area contributed by atoms with Gasteiger partial charge in [-0.3, -0.25) is 4.79 Å². The maximum atomic E-state index is 11.5. The Hall–Kier alpha value is -0.240. The molecule has 0 heterocycles. The average Bonchev–Trinajstić information content (AvgIpc) is 2.52. The molecule has 0 aromatic carbocycles. The van der Waals surface area contributed by atoms with Gasteiger partial charge in [0.05, 0.1) is 0 Å². The van der Waals surface area contributed by atoms with E-state index in [4.69, 9.17) is 11.6 Å². The van der Waals surface area contributed by atoms with Crippen LogP contribution in [0.15, 0.2) is 0 Å². The number of hydrogen-bond donors (Lipinski definition) is 1. The summed E-state index contributed by atoms with van der Waals surface area (Å²) >= 11 is 5.55. The van der Waals surface area contributed by atoms with Gasteiger partial charge in [0, 0.05) is 17.8 Å². The molecule has 0 bridgehead atoms. The molecule has 1 fully saturated rings. The molecule has 0 saturated heterocycles. The number of halogens is 1. The van der Waals surface area contributed by atoms with Gasteiger partial charge in [-0.15, -0.1) is 11.6 Å². The Bertz CT molecular complexity index is 188. The molecule has 14 heavy (non-hydrogen) atoms. The molecule has 1 aliphatic carbocycles. The summed E-state index contributed by atoms with van der Waals surface area (Å²) < 4.78 is 0. The van der Waals surface area contributed by atoms with Crippen molar-refractivity contribution >= 4 is 17.5 Å². The molecule has 0 spiro atoms. The van der Waals surface area contributed by atoms with Crippen LogP contribution in [0.3, 0.4) is 0 Å². The summed E-state index contributed by atoms with van der Waals surface area (Å²) in [6.45, 7) is 2.15. The minimum Gasteiger partial charge on any atom is -0.351 e. The molecule has 0 aromatic heterocycles. The fourth-order valence-corrected chi connectivity index (χ4v) is 2.25. The van der Waals surface area contributed by atoms with E-state index in [0.29, 0.717) is 12.3 Å². The molecule has 1 rings (SSSR count). The minimum atomic E-state index is 0.0814. The Balaban J connectivity index is 2.19. The molecule has 1 amide bonds. The molecule has 1 saturated carbocycles. The van der Waals surface area contributed by atoms with E-state index in [1.165, 1.54) is 12.8 Å². The Morgan fingerprint density at radius 1 is 1.36 bits per heavy atom.